The Kier molecular flexibility index (Phi) is 6.19. The lowest BCUT2D eigenvalue weighted by Gasteiger charge is -2.07. The van der Waals surface area contributed by atoms with E-state index in [0.29, 0.717) is 28.0 Å². The van der Waals surface area contributed by atoms with Crippen LogP contribution in [0.1, 0.15) is 15.9 Å². The number of allylic oxidation sites excluding steroid dienone is 1. The van der Waals surface area contributed by atoms with E-state index in [2.05, 4.69) is 21.7 Å². The molecule has 0 fully saturated rings. The summed E-state index contributed by atoms with van der Waals surface area (Å²) < 4.78 is 6.63. The zero-order valence-corrected chi connectivity index (χ0v) is 18.3. The molecule has 0 bridgehead atoms. The molecule has 0 aliphatic heterocycles. The number of rotatable bonds is 6. The summed E-state index contributed by atoms with van der Waals surface area (Å²) in [5.41, 5.74) is 3.50. The summed E-state index contributed by atoms with van der Waals surface area (Å²) in [5, 5.41) is 20.9. The summed E-state index contributed by atoms with van der Waals surface area (Å²) in [6, 6.07) is 22.2. The smallest absolute Gasteiger partial charge is 0.255 e. The van der Waals surface area contributed by atoms with Crippen molar-refractivity contribution in [3.8, 4) is 11.8 Å². The van der Waals surface area contributed by atoms with Gasteiger partial charge in [0.05, 0.1) is 12.6 Å². The molecule has 158 valence electrons. The maximum Gasteiger partial charge on any atom is 0.255 e. The van der Waals surface area contributed by atoms with Crippen LogP contribution in [0, 0.1) is 11.3 Å². The molecule has 1 aromatic heterocycles. The van der Waals surface area contributed by atoms with E-state index in [0.717, 1.165) is 16.2 Å². The number of benzene rings is 3. The van der Waals surface area contributed by atoms with Crippen molar-refractivity contribution < 1.29 is 9.53 Å². The highest BCUT2D eigenvalue weighted by Crippen LogP contribution is 2.23. The van der Waals surface area contributed by atoms with E-state index < -0.39 is 0 Å². The molecule has 4 rings (SSSR count). The van der Waals surface area contributed by atoms with Crippen molar-refractivity contribution in [2.24, 2.45) is 0 Å². The highest BCUT2D eigenvalue weighted by Gasteiger charge is 2.12. The summed E-state index contributed by atoms with van der Waals surface area (Å²) in [6.45, 7) is 0. The van der Waals surface area contributed by atoms with Gasteiger partial charge in [-0.15, -0.1) is 16.9 Å². The topological polar surface area (TPSA) is 92.8 Å². The van der Waals surface area contributed by atoms with Crippen LogP contribution in [0.3, 0.4) is 0 Å². The second-order valence-corrected chi connectivity index (χ2v) is 7.68. The molecule has 0 unspecified atom stereocenters. The highest BCUT2D eigenvalue weighted by molar-refractivity contribution is 7.98. The second kappa shape index (κ2) is 9.37. The third-order valence-corrected chi connectivity index (χ3v) is 5.56. The summed E-state index contributed by atoms with van der Waals surface area (Å²) in [5.74, 6) is 0.514. The normalized spacial score (nSPS) is 11.2. The summed E-state index contributed by atoms with van der Waals surface area (Å²) in [7, 11) is 1.60. The lowest BCUT2D eigenvalue weighted by molar-refractivity contribution is 0.102. The van der Waals surface area contributed by atoms with Gasteiger partial charge in [0.1, 0.15) is 23.0 Å². The lowest BCUT2D eigenvalue weighted by atomic mass is 10.2. The Morgan fingerprint density at radius 1 is 1.12 bits per heavy atom. The quantitative estimate of drug-likeness (QED) is 0.337. The Morgan fingerprint density at radius 2 is 1.88 bits per heavy atom. The van der Waals surface area contributed by atoms with Crippen molar-refractivity contribution in [1.29, 1.82) is 5.26 Å². The first-order valence-electron chi connectivity index (χ1n) is 9.68. The first-order chi connectivity index (χ1) is 15.6. The molecule has 0 aliphatic rings. The zero-order valence-electron chi connectivity index (χ0n) is 17.4. The number of methoxy groups -OCH3 is 1. The lowest BCUT2D eigenvalue weighted by Crippen LogP contribution is -2.11. The number of hydrogen-bond acceptors (Lipinski definition) is 6. The molecule has 7 nitrogen and oxygen atoms in total. The fourth-order valence-corrected chi connectivity index (χ4v) is 3.53. The molecule has 0 atom stereocenters. The van der Waals surface area contributed by atoms with Crippen LogP contribution in [-0.4, -0.2) is 34.3 Å². The van der Waals surface area contributed by atoms with Gasteiger partial charge in [-0.2, -0.15) is 5.26 Å². The van der Waals surface area contributed by atoms with Gasteiger partial charge in [0.15, 0.2) is 0 Å². The number of carbonyl (C=O) groups is 1. The molecule has 0 spiro atoms. The predicted octanol–water partition coefficient (Wildman–Crippen LogP) is 4.94. The zero-order chi connectivity index (χ0) is 22.5. The Morgan fingerprint density at radius 3 is 2.53 bits per heavy atom. The molecule has 1 amide bonds. The molecule has 0 saturated carbocycles. The molecular weight excluding hydrogens is 422 g/mol. The molecular formula is C24H19N5O2S. The number of thioether (sulfide) groups is 1. The molecule has 3 aromatic carbocycles. The fraction of sp³-hybridized carbons (Fsp3) is 0.0833. The fourth-order valence-electron chi connectivity index (χ4n) is 3.12. The Hall–Kier alpha value is -4.09. The number of aromatic nitrogens is 3. The van der Waals surface area contributed by atoms with Crippen LogP contribution in [-0.2, 0) is 0 Å². The highest BCUT2D eigenvalue weighted by atomic mass is 32.2. The molecule has 32 heavy (non-hydrogen) atoms. The minimum atomic E-state index is -0.217. The second-order valence-electron chi connectivity index (χ2n) is 6.80. The van der Waals surface area contributed by atoms with Gasteiger partial charge < -0.3 is 10.1 Å². The van der Waals surface area contributed by atoms with Crippen LogP contribution in [0.15, 0.2) is 71.6 Å². The number of anilines is 1. The van der Waals surface area contributed by atoms with Crippen LogP contribution in [0.25, 0.3) is 22.8 Å². The molecule has 0 saturated heterocycles. The number of carbonyl (C=O) groups excluding carboxylic acids is 1. The number of amides is 1. The summed E-state index contributed by atoms with van der Waals surface area (Å²) in [4.78, 5) is 13.7. The van der Waals surface area contributed by atoms with Crippen LogP contribution >= 0.6 is 11.8 Å². The minimum Gasteiger partial charge on any atom is -0.497 e. The number of nitriles is 1. The third kappa shape index (κ3) is 4.48. The van der Waals surface area contributed by atoms with E-state index in [1.54, 1.807) is 55.3 Å². The Bertz CT molecular complexity index is 1340. The third-order valence-electron chi connectivity index (χ3n) is 4.82. The predicted molar refractivity (Wildman–Crippen MR) is 126 cm³/mol. The molecule has 1 heterocycles. The molecule has 0 radical (unpaired) electrons. The van der Waals surface area contributed by atoms with Crippen LogP contribution in [0.2, 0.25) is 0 Å². The van der Waals surface area contributed by atoms with Crippen molar-refractivity contribution in [2.45, 2.75) is 4.90 Å². The van der Waals surface area contributed by atoms with Gasteiger partial charge in [-0.05, 0) is 72.5 Å². The maximum atomic E-state index is 12.6. The molecule has 1 N–H and O–H groups in total. The van der Waals surface area contributed by atoms with Gasteiger partial charge in [0.25, 0.3) is 5.91 Å². The first kappa shape index (κ1) is 21.2. The number of nitrogens with zero attached hydrogens (tertiary/aromatic N) is 4. The van der Waals surface area contributed by atoms with Gasteiger partial charge in [0.2, 0.25) is 0 Å². The van der Waals surface area contributed by atoms with Crippen LogP contribution in [0.5, 0.6) is 5.75 Å². The van der Waals surface area contributed by atoms with Crippen molar-refractivity contribution in [3.63, 3.8) is 0 Å². The SMILES string of the molecule is COc1ccc(/C=C(\C#N)n2nnc3ccc(NC(=O)c4ccc(SC)cc4)cc32)cc1. The first-order valence-corrected chi connectivity index (χ1v) is 10.9. The van der Waals surface area contributed by atoms with Gasteiger partial charge in [-0.3, -0.25) is 4.79 Å². The average Bonchev–Trinajstić information content (AvgIpc) is 3.26. The van der Waals surface area contributed by atoms with Gasteiger partial charge in [-0.25, -0.2) is 4.68 Å². The van der Waals surface area contributed by atoms with Crippen molar-refractivity contribution in [2.75, 3.05) is 18.7 Å². The molecule has 4 aromatic rings. The monoisotopic (exact) mass is 441 g/mol. The largest absolute Gasteiger partial charge is 0.497 e. The van der Waals surface area contributed by atoms with Gasteiger partial charge in [0, 0.05) is 16.1 Å². The van der Waals surface area contributed by atoms with E-state index >= 15 is 0 Å². The van der Waals surface area contributed by atoms with Gasteiger partial charge in [-0.1, -0.05) is 17.3 Å². The van der Waals surface area contributed by atoms with Crippen LogP contribution < -0.4 is 10.1 Å². The maximum absolute atomic E-state index is 12.6. The average molecular weight is 442 g/mol. The summed E-state index contributed by atoms with van der Waals surface area (Å²) in [6.07, 6.45) is 3.70. The van der Waals surface area contributed by atoms with Crippen LogP contribution in [0.4, 0.5) is 5.69 Å². The molecule has 8 heteroatoms. The van der Waals surface area contributed by atoms with Gasteiger partial charge >= 0.3 is 0 Å². The standard InChI is InChI=1S/C24H19N5O2S/c1-31-20-8-3-16(4-9-20)13-19(15-25)29-23-14-18(7-12-22(23)27-28-29)26-24(30)17-5-10-21(32-2)11-6-17/h3-14H,1-2H3,(H,26,30)/b19-13+. The number of fused-ring (bicyclic) bond motifs is 1. The summed E-state index contributed by atoms with van der Waals surface area (Å²) >= 11 is 1.62. The van der Waals surface area contributed by atoms with E-state index in [1.165, 1.54) is 4.68 Å². The minimum absolute atomic E-state index is 0.217. The van der Waals surface area contributed by atoms with Crippen molar-refractivity contribution >= 4 is 46.2 Å². The van der Waals surface area contributed by atoms with E-state index in [4.69, 9.17) is 4.74 Å². The Labute approximate surface area is 189 Å². The number of ether oxygens (including phenoxy) is 1. The van der Waals surface area contributed by atoms with E-state index in [1.807, 2.05) is 42.7 Å². The number of hydrogen-bond donors (Lipinski definition) is 1. The van der Waals surface area contributed by atoms with Crippen molar-refractivity contribution in [3.05, 3.63) is 77.9 Å². The van der Waals surface area contributed by atoms with E-state index in [9.17, 15) is 10.1 Å². The Balaban J connectivity index is 1.63. The van der Waals surface area contributed by atoms with E-state index in [-0.39, 0.29) is 5.91 Å². The van der Waals surface area contributed by atoms with Crippen molar-refractivity contribution in [1.82, 2.24) is 15.0 Å². The molecule has 0 aliphatic carbocycles. The number of nitrogens with one attached hydrogen (secondary N) is 1.